The van der Waals surface area contributed by atoms with E-state index in [1.165, 1.54) is 13.3 Å². The van der Waals surface area contributed by atoms with Gasteiger partial charge in [0, 0.05) is 6.54 Å². The number of methoxy groups -OCH3 is 1. The number of carbonyl (C=O) groups excluding carboxylic acids is 1. The van der Waals surface area contributed by atoms with Gasteiger partial charge in [0.1, 0.15) is 6.21 Å². The molecule has 0 radical (unpaired) electrons. The van der Waals surface area contributed by atoms with E-state index in [1.54, 1.807) is 0 Å². The van der Waals surface area contributed by atoms with Gasteiger partial charge in [0.2, 0.25) is 0 Å². The Labute approximate surface area is 67.5 Å². The van der Waals surface area contributed by atoms with Gasteiger partial charge in [-0.25, -0.2) is 4.79 Å². The molecule has 0 N–H and O–H groups in total. The summed E-state index contributed by atoms with van der Waals surface area (Å²) in [4.78, 5) is 14.4. The molecule has 0 saturated heterocycles. The fraction of sp³-hybridized carbons (Fsp3) is 0.750. The standard InChI is InChI=1S/C8H15NO2/c1-8(2,3)6-9-5-7(10)11-4/h5H,6H2,1-4H3. The SMILES string of the molecule is COC(=O)C=NCC(C)(C)C. The van der Waals surface area contributed by atoms with E-state index in [1.807, 2.05) is 0 Å². The first kappa shape index (κ1) is 10.1. The highest BCUT2D eigenvalue weighted by atomic mass is 16.5. The molecule has 0 amide bonds. The number of hydrogen-bond donors (Lipinski definition) is 0. The number of hydrogen-bond acceptors (Lipinski definition) is 3. The maximum absolute atomic E-state index is 10.5. The van der Waals surface area contributed by atoms with Crippen LogP contribution in [0.1, 0.15) is 20.8 Å². The second-order valence-electron chi connectivity index (χ2n) is 3.55. The van der Waals surface area contributed by atoms with Gasteiger partial charge < -0.3 is 4.74 Å². The Hall–Kier alpha value is -0.860. The van der Waals surface area contributed by atoms with Crippen LogP contribution in [-0.2, 0) is 9.53 Å². The summed E-state index contributed by atoms with van der Waals surface area (Å²) < 4.78 is 4.38. The summed E-state index contributed by atoms with van der Waals surface area (Å²) >= 11 is 0. The van der Waals surface area contributed by atoms with Crippen molar-refractivity contribution < 1.29 is 9.53 Å². The lowest BCUT2D eigenvalue weighted by molar-refractivity contribution is -0.132. The highest BCUT2D eigenvalue weighted by Crippen LogP contribution is 2.11. The summed E-state index contributed by atoms with van der Waals surface area (Å²) in [5, 5.41) is 0. The minimum Gasteiger partial charge on any atom is -0.465 e. The maximum atomic E-state index is 10.5. The van der Waals surface area contributed by atoms with Gasteiger partial charge in [0.05, 0.1) is 7.11 Å². The Morgan fingerprint density at radius 1 is 1.55 bits per heavy atom. The molecule has 0 bridgehead atoms. The third-order valence-electron chi connectivity index (χ3n) is 0.964. The van der Waals surface area contributed by atoms with Gasteiger partial charge >= 0.3 is 5.97 Å². The van der Waals surface area contributed by atoms with Gasteiger partial charge in [-0.2, -0.15) is 0 Å². The Balaban J connectivity index is 3.70. The van der Waals surface area contributed by atoms with Gasteiger partial charge in [0.15, 0.2) is 0 Å². The van der Waals surface area contributed by atoms with Gasteiger partial charge in [-0.3, -0.25) is 4.99 Å². The van der Waals surface area contributed by atoms with E-state index in [2.05, 4.69) is 30.5 Å². The van der Waals surface area contributed by atoms with E-state index in [0.29, 0.717) is 6.54 Å². The van der Waals surface area contributed by atoms with Crippen molar-refractivity contribution >= 4 is 12.2 Å². The summed E-state index contributed by atoms with van der Waals surface area (Å²) in [7, 11) is 1.34. The van der Waals surface area contributed by atoms with Crippen LogP contribution in [0.15, 0.2) is 4.99 Å². The lowest BCUT2D eigenvalue weighted by Crippen LogP contribution is -2.11. The minimum atomic E-state index is -0.394. The Morgan fingerprint density at radius 2 is 2.09 bits per heavy atom. The van der Waals surface area contributed by atoms with Crippen molar-refractivity contribution in [3.8, 4) is 0 Å². The number of aliphatic imine (C=N–C) groups is 1. The second kappa shape index (κ2) is 4.11. The molecule has 0 spiro atoms. The van der Waals surface area contributed by atoms with Crippen LogP contribution in [0.3, 0.4) is 0 Å². The van der Waals surface area contributed by atoms with Crippen molar-refractivity contribution in [3.05, 3.63) is 0 Å². The van der Waals surface area contributed by atoms with Crippen molar-refractivity contribution in [2.45, 2.75) is 20.8 Å². The van der Waals surface area contributed by atoms with Crippen LogP contribution >= 0.6 is 0 Å². The van der Waals surface area contributed by atoms with Crippen LogP contribution < -0.4 is 0 Å². The van der Waals surface area contributed by atoms with Crippen LogP contribution in [0, 0.1) is 5.41 Å². The van der Waals surface area contributed by atoms with Crippen molar-refractivity contribution in [1.29, 1.82) is 0 Å². The van der Waals surface area contributed by atoms with Crippen LogP contribution in [0.2, 0.25) is 0 Å². The largest absolute Gasteiger partial charge is 0.465 e. The Morgan fingerprint density at radius 3 is 2.45 bits per heavy atom. The zero-order chi connectivity index (χ0) is 8.91. The molecule has 0 heterocycles. The van der Waals surface area contributed by atoms with E-state index in [-0.39, 0.29) is 5.41 Å². The van der Waals surface area contributed by atoms with Crippen LogP contribution in [0.5, 0.6) is 0 Å². The topological polar surface area (TPSA) is 38.7 Å². The third kappa shape index (κ3) is 7.03. The molecular weight excluding hydrogens is 142 g/mol. The number of esters is 1. The smallest absolute Gasteiger partial charge is 0.348 e. The monoisotopic (exact) mass is 157 g/mol. The molecule has 3 heteroatoms. The molecule has 0 aromatic heterocycles. The van der Waals surface area contributed by atoms with Gasteiger partial charge in [-0.05, 0) is 5.41 Å². The predicted molar refractivity (Wildman–Crippen MR) is 44.8 cm³/mol. The molecule has 0 aromatic carbocycles. The summed E-state index contributed by atoms with van der Waals surface area (Å²) in [6, 6.07) is 0. The molecular formula is C8H15NO2. The van der Waals surface area contributed by atoms with E-state index in [0.717, 1.165) is 0 Å². The van der Waals surface area contributed by atoms with Gasteiger partial charge in [0.25, 0.3) is 0 Å². The zero-order valence-electron chi connectivity index (χ0n) is 7.55. The van der Waals surface area contributed by atoms with Crippen molar-refractivity contribution in [3.63, 3.8) is 0 Å². The highest BCUT2D eigenvalue weighted by Gasteiger charge is 2.07. The first-order valence-electron chi connectivity index (χ1n) is 3.53. The summed E-state index contributed by atoms with van der Waals surface area (Å²) in [6.07, 6.45) is 1.21. The summed E-state index contributed by atoms with van der Waals surface area (Å²) in [6.45, 7) is 6.81. The van der Waals surface area contributed by atoms with Gasteiger partial charge in [-0.15, -0.1) is 0 Å². The molecule has 3 nitrogen and oxygen atoms in total. The second-order valence-corrected chi connectivity index (χ2v) is 3.55. The van der Waals surface area contributed by atoms with E-state index in [9.17, 15) is 4.79 Å². The Kier molecular flexibility index (Phi) is 3.79. The number of rotatable bonds is 2. The van der Waals surface area contributed by atoms with Crippen molar-refractivity contribution in [1.82, 2.24) is 0 Å². The van der Waals surface area contributed by atoms with Gasteiger partial charge in [-0.1, -0.05) is 20.8 Å². The highest BCUT2D eigenvalue weighted by molar-refractivity contribution is 6.23. The van der Waals surface area contributed by atoms with Crippen molar-refractivity contribution in [2.24, 2.45) is 10.4 Å². The summed E-state index contributed by atoms with van der Waals surface area (Å²) in [5.74, 6) is -0.394. The van der Waals surface area contributed by atoms with E-state index < -0.39 is 5.97 Å². The maximum Gasteiger partial charge on any atom is 0.348 e. The third-order valence-corrected chi connectivity index (χ3v) is 0.964. The molecule has 11 heavy (non-hydrogen) atoms. The zero-order valence-corrected chi connectivity index (χ0v) is 7.55. The molecule has 0 aromatic rings. The number of nitrogens with zero attached hydrogens (tertiary/aromatic N) is 1. The molecule has 0 atom stereocenters. The van der Waals surface area contributed by atoms with Crippen LogP contribution in [-0.4, -0.2) is 25.8 Å². The first-order chi connectivity index (χ1) is 4.95. The molecule has 64 valence electrons. The lowest BCUT2D eigenvalue weighted by Gasteiger charge is -2.13. The summed E-state index contributed by atoms with van der Waals surface area (Å²) in [5.41, 5.74) is 0.129. The molecule has 0 aliphatic rings. The predicted octanol–water partition coefficient (Wildman–Crippen LogP) is 1.28. The molecule has 0 fully saturated rings. The quantitative estimate of drug-likeness (QED) is 0.447. The molecule has 0 aliphatic heterocycles. The molecule has 0 unspecified atom stereocenters. The molecule has 0 saturated carbocycles. The van der Waals surface area contributed by atoms with Crippen molar-refractivity contribution in [2.75, 3.05) is 13.7 Å². The average Bonchev–Trinajstić information content (AvgIpc) is 1.85. The number of ether oxygens (including phenoxy) is 1. The van der Waals surface area contributed by atoms with Crippen LogP contribution in [0.25, 0.3) is 0 Å². The first-order valence-corrected chi connectivity index (χ1v) is 3.53. The van der Waals surface area contributed by atoms with Crippen LogP contribution in [0.4, 0.5) is 0 Å². The Bertz CT molecular complexity index is 156. The minimum absolute atomic E-state index is 0.129. The number of carbonyl (C=O) groups is 1. The lowest BCUT2D eigenvalue weighted by atomic mass is 9.97. The van der Waals surface area contributed by atoms with E-state index in [4.69, 9.17) is 0 Å². The fourth-order valence-electron chi connectivity index (χ4n) is 0.447. The fourth-order valence-corrected chi connectivity index (χ4v) is 0.447. The normalized spacial score (nSPS) is 12.0. The molecule has 0 aliphatic carbocycles. The average molecular weight is 157 g/mol. The molecule has 0 rings (SSSR count). The van der Waals surface area contributed by atoms with E-state index >= 15 is 0 Å².